The molecule has 0 amide bonds. The van der Waals surface area contributed by atoms with Crippen LogP contribution in [0.3, 0.4) is 0 Å². The Labute approximate surface area is 128 Å². The molecule has 0 N–H and O–H groups in total. The highest BCUT2D eigenvalue weighted by Crippen LogP contribution is 2.74. The van der Waals surface area contributed by atoms with Crippen LogP contribution in [0.2, 0.25) is 5.82 Å². The van der Waals surface area contributed by atoms with Crippen molar-refractivity contribution in [2.45, 2.75) is 66.1 Å². The molecule has 0 aromatic heterocycles. The predicted molar refractivity (Wildman–Crippen MR) is 87.0 cm³/mol. The molecule has 6 fully saturated rings. The van der Waals surface area contributed by atoms with E-state index in [0.29, 0.717) is 16.6 Å². The summed E-state index contributed by atoms with van der Waals surface area (Å²) in [4.78, 5) is 0. The zero-order chi connectivity index (χ0) is 15.2. The Morgan fingerprint density at radius 3 is 2.00 bits per heavy atom. The van der Waals surface area contributed by atoms with Crippen molar-refractivity contribution in [3.8, 4) is 0 Å². The maximum Gasteiger partial charge on any atom is 0.0912 e. The molecule has 6 saturated carbocycles. The summed E-state index contributed by atoms with van der Waals surface area (Å²) in [5.41, 5.74) is 1.22. The highest BCUT2D eigenvalue weighted by Gasteiger charge is 2.66. The van der Waals surface area contributed by atoms with Crippen molar-refractivity contribution in [3.05, 3.63) is 0 Å². The largest absolute Gasteiger partial charge is 0.0912 e. The van der Waals surface area contributed by atoms with Gasteiger partial charge in [-0.25, -0.2) is 0 Å². The molecule has 4 bridgehead atoms. The van der Waals surface area contributed by atoms with E-state index < -0.39 is 0 Å². The molecule has 0 nitrogen and oxygen atoms in total. The molecule has 9 atom stereocenters. The van der Waals surface area contributed by atoms with Gasteiger partial charge in [-0.2, -0.15) is 0 Å². The first-order valence-electron chi connectivity index (χ1n) is 9.61. The molecule has 2 unspecified atom stereocenters. The van der Waals surface area contributed by atoms with Gasteiger partial charge in [0.15, 0.2) is 0 Å². The topological polar surface area (TPSA) is 0 Å². The van der Waals surface area contributed by atoms with Crippen LogP contribution >= 0.6 is 0 Å². The first kappa shape index (κ1) is 12.6. The number of hydrogen-bond acceptors (Lipinski definition) is 0. The highest BCUT2D eigenvalue weighted by atomic mass is 14.7. The van der Waals surface area contributed by atoms with E-state index in [0.717, 1.165) is 41.4 Å². The third kappa shape index (κ3) is 1.37. The minimum absolute atomic E-state index is 0.576. The molecule has 6 aliphatic carbocycles. The molecule has 20 heavy (non-hydrogen) atoms. The summed E-state index contributed by atoms with van der Waals surface area (Å²) >= 11 is 0. The molecule has 0 saturated heterocycles. The molecular formula is C19H32B. The van der Waals surface area contributed by atoms with Crippen LogP contribution in [0, 0.1) is 52.3 Å². The van der Waals surface area contributed by atoms with Gasteiger partial charge < -0.3 is 0 Å². The maximum atomic E-state index is 7.72. The number of hydrogen-bond donors (Lipinski definition) is 0. The van der Waals surface area contributed by atoms with E-state index in [1.807, 2.05) is 0 Å². The number of rotatable bonds is 2. The standard InChI is InChI=1S/C19H32B/c1-10-14-6-12(18(14,3)4)7-15(10)19(5)13-8-16(19)11(2)17(20)9-13/h10-17,20H,6-9H2,1-5H3/t10-,11-,12+,13+,14-,15?,16-,17-,19?/m0/s1/i20D. The normalized spacial score (nSPS) is 63.8. The summed E-state index contributed by atoms with van der Waals surface area (Å²) in [6.45, 7) is 12.7. The average molecular weight is 272 g/mol. The lowest BCUT2D eigenvalue weighted by molar-refractivity contribution is -0.227. The molecule has 6 aliphatic rings. The molecule has 0 spiro atoms. The lowest BCUT2D eigenvalue weighted by Crippen LogP contribution is -2.65. The van der Waals surface area contributed by atoms with Crippen LogP contribution in [-0.4, -0.2) is 9.15 Å². The number of fused-ring (bicyclic) bond motifs is 5. The third-order valence-corrected chi connectivity index (χ3v) is 9.24. The van der Waals surface area contributed by atoms with Gasteiger partial charge in [-0.05, 0) is 72.9 Å². The Balaban J connectivity index is 1.58. The highest BCUT2D eigenvalue weighted by molar-refractivity contribution is 6.12. The summed E-state index contributed by atoms with van der Waals surface area (Å²) in [5, 5.41) is 0. The smallest absolute Gasteiger partial charge is 0.0702 e. The first-order valence-corrected chi connectivity index (χ1v) is 9.03. The molecule has 0 aromatic rings. The second-order valence-corrected chi connectivity index (χ2v) is 9.73. The Kier molecular flexibility index (Phi) is 2.44. The van der Waals surface area contributed by atoms with Crippen molar-refractivity contribution in [3.63, 3.8) is 0 Å². The van der Waals surface area contributed by atoms with Gasteiger partial charge in [-0.15, -0.1) is 0 Å². The summed E-state index contributed by atoms with van der Waals surface area (Å²) in [7, 11) is 1.76. The van der Waals surface area contributed by atoms with E-state index >= 15 is 0 Å². The third-order valence-electron chi connectivity index (χ3n) is 9.24. The van der Waals surface area contributed by atoms with Gasteiger partial charge in [0.05, 0.1) is 7.81 Å². The van der Waals surface area contributed by atoms with Gasteiger partial charge in [0.1, 0.15) is 0 Å². The molecule has 0 aromatic carbocycles. The molecule has 1 radical (unpaired) electrons. The molecule has 0 aliphatic heterocycles. The Morgan fingerprint density at radius 1 is 0.850 bits per heavy atom. The Hall–Kier alpha value is 0.0649. The molecular weight excluding hydrogens is 239 g/mol. The fourth-order valence-electron chi connectivity index (χ4n) is 7.48. The van der Waals surface area contributed by atoms with Gasteiger partial charge >= 0.3 is 0 Å². The van der Waals surface area contributed by atoms with Crippen molar-refractivity contribution in [2.75, 3.05) is 0 Å². The van der Waals surface area contributed by atoms with Crippen LogP contribution in [0.1, 0.15) is 60.3 Å². The van der Waals surface area contributed by atoms with E-state index in [2.05, 4.69) is 34.6 Å². The fourth-order valence-corrected chi connectivity index (χ4v) is 7.48. The second kappa shape index (κ2) is 3.88. The van der Waals surface area contributed by atoms with E-state index in [1.165, 1.54) is 25.7 Å². The summed E-state index contributed by atoms with van der Waals surface area (Å²) in [5.74, 6) is 7.00. The van der Waals surface area contributed by atoms with Gasteiger partial charge in [0, 0.05) is 0 Å². The molecule has 0 heterocycles. The summed E-state index contributed by atoms with van der Waals surface area (Å²) in [6.07, 6.45) is 5.77. The minimum Gasteiger partial charge on any atom is -0.0702 e. The van der Waals surface area contributed by atoms with E-state index in [4.69, 9.17) is 1.34 Å². The second-order valence-electron chi connectivity index (χ2n) is 9.73. The van der Waals surface area contributed by atoms with Crippen LogP contribution in [0.15, 0.2) is 0 Å². The zero-order valence-corrected chi connectivity index (χ0v) is 14.0. The van der Waals surface area contributed by atoms with Gasteiger partial charge in [-0.1, -0.05) is 46.9 Å². The maximum absolute atomic E-state index is 7.72. The monoisotopic (exact) mass is 272 g/mol. The van der Waals surface area contributed by atoms with Crippen molar-refractivity contribution in [2.24, 2.45) is 52.3 Å². The fraction of sp³-hybridized carbons (Fsp3) is 1.00. The zero-order valence-electron chi connectivity index (χ0n) is 15.0. The van der Waals surface area contributed by atoms with Gasteiger partial charge in [0.25, 0.3) is 0 Å². The summed E-state index contributed by atoms with van der Waals surface area (Å²) in [6, 6.07) is 0. The Morgan fingerprint density at radius 2 is 1.45 bits per heavy atom. The summed E-state index contributed by atoms with van der Waals surface area (Å²) < 4.78 is 7.72. The quantitative estimate of drug-likeness (QED) is 0.640. The first-order chi connectivity index (χ1) is 9.81. The SMILES string of the molecule is [2H][B][C@H]1C[C@H]2C[C@@H]([C@@H]1C)C2(C)C1C[C@H]2C[C@@H]([C@@H]1C)C2(C)C. The van der Waals surface area contributed by atoms with E-state index in [9.17, 15) is 0 Å². The molecule has 111 valence electrons. The molecule has 1 heteroatoms. The van der Waals surface area contributed by atoms with Crippen LogP contribution in [0.25, 0.3) is 0 Å². The van der Waals surface area contributed by atoms with Crippen LogP contribution in [0.4, 0.5) is 0 Å². The van der Waals surface area contributed by atoms with Crippen molar-refractivity contribution < 1.29 is 0 Å². The minimum atomic E-state index is 0.576. The van der Waals surface area contributed by atoms with Crippen molar-refractivity contribution in [1.29, 1.82) is 1.34 Å². The lowest BCUT2D eigenvalue weighted by atomic mass is 9.32. The van der Waals surface area contributed by atoms with E-state index in [1.54, 1.807) is 7.81 Å². The predicted octanol–water partition coefficient (Wildman–Crippen LogP) is 4.68. The van der Waals surface area contributed by atoms with Gasteiger partial charge in [-0.3, -0.25) is 0 Å². The van der Waals surface area contributed by atoms with Crippen molar-refractivity contribution >= 4 is 7.81 Å². The van der Waals surface area contributed by atoms with E-state index in [-0.39, 0.29) is 0 Å². The van der Waals surface area contributed by atoms with Crippen molar-refractivity contribution in [1.82, 2.24) is 0 Å². The van der Waals surface area contributed by atoms with Gasteiger partial charge in [0.2, 0.25) is 0 Å². The van der Waals surface area contributed by atoms with Crippen LogP contribution in [0.5, 0.6) is 0 Å². The lowest BCUT2D eigenvalue weighted by Gasteiger charge is -2.72. The van der Waals surface area contributed by atoms with Crippen LogP contribution in [-0.2, 0) is 0 Å². The van der Waals surface area contributed by atoms with Crippen LogP contribution < -0.4 is 0 Å². The Bertz CT molecular complexity index is 447. The average Bonchev–Trinajstić information content (AvgIpc) is 2.45. The molecule has 6 rings (SSSR count).